The van der Waals surface area contributed by atoms with Crippen molar-refractivity contribution in [3.8, 4) is 18.2 Å². The number of hydrogen-bond acceptors (Lipinski definition) is 6. The van der Waals surface area contributed by atoms with Crippen LogP contribution >= 0.6 is 0 Å². The van der Waals surface area contributed by atoms with Crippen LogP contribution in [0.15, 0.2) is 73.3 Å². The molecule has 2 aliphatic carbocycles. The van der Waals surface area contributed by atoms with E-state index in [-0.39, 0.29) is 39.7 Å². The molecule has 220 valence electrons. The van der Waals surface area contributed by atoms with E-state index in [0.29, 0.717) is 16.7 Å². The van der Waals surface area contributed by atoms with Crippen LogP contribution < -0.4 is 16.5 Å². The molecule has 0 aromatic carbocycles. The third-order valence-corrected chi connectivity index (χ3v) is 8.04. The SMILES string of the molecule is [C-]#[N+]/C(C#N)=C(\C(=C=N)/C=C/C=c1\c(=O)o\c(=C/C=C/C=C(C#N)/C(=C(\C#N)[N+]#[C-])C2CCCCC2)n1C)C1CCCCC1. The smallest absolute Gasteiger partial charge is 0.361 e. The molecule has 1 aromatic rings. The Morgan fingerprint density at radius 2 is 1.43 bits per heavy atom. The Morgan fingerprint density at radius 1 is 0.864 bits per heavy atom. The molecule has 2 saturated carbocycles. The van der Waals surface area contributed by atoms with Crippen LogP contribution in [0.4, 0.5) is 0 Å². The first kappa shape index (κ1) is 32.9. The summed E-state index contributed by atoms with van der Waals surface area (Å²) < 4.78 is 6.95. The topological polar surface area (TPSA) is 139 Å². The zero-order valence-corrected chi connectivity index (χ0v) is 24.8. The van der Waals surface area contributed by atoms with E-state index in [1.165, 1.54) is 6.08 Å². The first-order valence-corrected chi connectivity index (χ1v) is 14.6. The van der Waals surface area contributed by atoms with Gasteiger partial charge in [-0.3, -0.25) is 5.41 Å². The van der Waals surface area contributed by atoms with E-state index in [2.05, 4.69) is 21.6 Å². The lowest BCUT2D eigenvalue weighted by molar-refractivity contribution is 0.406. The Balaban J connectivity index is 1.93. The fourth-order valence-corrected chi connectivity index (χ4v) is 5.86. The van der Waals surface area contributed by atoms with Crippen LogP contribution in [0.5, 0.6) is 0 Å². The van der Waals surface area contributed by atoms with E-state index >= 15 is 0 Å². The maximum atomic E-state index is 12.6. The maximum Gasteiger partial charge on any atom is 0.361 e. The van der Waals surface area contributed by atoms with Crippen molar-refractivity contribution in [1.29, 1.82) is 21.2 Å². The van der Waals surface area contributed by atoms with Crippen molar-refractivity contribution in [2.24, 2.45) is 18.9 Å². The van der Waals surface area contributed by atoms with Crippen LogP contribution in [-0.2, 0) is 7.05 Å². The summed E-state index contributed by atoms with van der Waals surface area (Å²) in [5.74, 6) is 2.39. The predicted octanol–water partition coefficient (Wildman–Crippen LogP) is 5.83. The second-order valence-electron chi connectivity index (χ2n) is 10.6. The highest BCUT2D eigenvalue weighted by molar-refractivity contribution is 5.70. The van der Waals surface area contributed by atoms with Crippen molar-refractivity contribution in [3.63, 3.8) is 0 Å². The number of nitrogens with zero attached hydrogens (tertiary/aromatic N) is 6. The molecule has 0 radical (unpaired) electrons. The largest absolute Gasteiger partial charge is 0.405 e. The first-order chi connectivity index (χ1) is 21.4. The summed E-state index contributed by atoms with van der Waals surface area (Å²) in [7, 11) is 1.66. The van der Waals surface area contributed by atoms with E-state index in [1.807, 2.05) is 12.1 Å². The number of aromatic nitrogens is 1. The highest BCUT2D eigenvalue weighted by atomic mass is 16.4. The standard InChI is InChI=1S/C35H33N7O2/c1-40-29(23-38)33(25-13-6-4-7-14-25)27(21-36)17-10-11-20-32-42(3)31(35(43)44-32)19-12-18-28(22-37)34(30(24-39)41-2)26-15-8-5-9-16-26/h10-12,17-20,25-26,37H,4-9,13-16H2,3H3/b11-10+,18-12+,27-17+,31-19+,32-20-,33-29+,34-30-. The van der Waals surface area contributed by atoms with Gasteiger partial charge in [-0.1, -0.05) is 56.8 Å². The quantitative estimate of drug-likeness (QED) is 0.177. The summed E-state index contributed by atoms with van der Waals surface area (Å²) in [5.41, 5.74) is 1.24. The van der Waals surface area contributed by atoms with Gasteiger partial charge in [0.15, 0.2) is 0 Å². The second-order valence-corrected chi connectivity index (χ2v) is 10.6. The monoisotopic (exact) mass is 583 g/mol. The van der Waals surface area contributed by atoms with Gasteiger partial charge >= 0.3 is 5.63 Å². The number of nitrogens with one attached hydrogen (secondary N) is 1. The van der Waals surface area contributed by atoms with Gasteiger partial charge in [-0.05, 0) is 78.8 Å². The molecule has 0 amide bonds. The van der Waals surface area contributed by atoms with E-state index < -0.39 is 5.63 Å². The molecule has 2 aliphatic rings. The molecule has 0 aliphatic heterocycles. The van der Waals surface area contributed by atoms with E-state index in [1.54, 1.807) is 48.1 Å². The summed E-state index contributed by atoms with van der Waals surface area (Å²) in [6.07, 6.45) is 20.6. The lowest BCUT2D eigenvalue weighted by Gasteiger charge is -2.24. The molecule has 1 aromatic heterocycles. The van der Waals surface area contributed by atoms with E-state index in [4.69, 9.17) is 23.0 Å². The summed E-state index contributed by atoms with van der Waals surface area (Å²) in [6.45, 7) is 14.9. The minimum absolute atomic E-state index is 0.00192. The van der Waals surface area contributed by atoms with Crippen LogP contribution in [0, 0.1) is 64.4 Å². The van der Waals surface area contributed by atoms with Gasteiger partial charge < -0.3 is 8.98 Å². The molecule has 2 fully saturated rings. The number of hydrogen-bond donors (Lipinski definition) is 1. The average molecular weight is 584 g/mol. The van der Waals surface area contributed by atoms with Crippen LogP contribution in [-0.4, -0.2) is 10.4 Å². The van der Waals surface area contributed by atoms with Gasteiger partial charge in [-0.25, -0.2) is 25.0 Å². The van der Waals surface area contributed by atoms with E-state index in [9.17, 15) is 20.6 Å². The number of rotatable bonds is 8. The molecular weight excluding hydrogens is 550 g/mol. The van der Waals surface area contributed by atoms with Crippen LogP contribution in [0.25, 0.3) is 21.8 Å². The van der Waals surface area contributed by atoms with Crippen molar-refractivity contribution in [3.05, 3.63) is 108 Å². The molecule has 0 unspecified atom stereocenters. The molecule has 3 rings (SSSR count). The third kappa shape index (κ3) is 8.00. The molecule has 1 N–H and O–H groups in total. The predicted molar refractivity (Wildman–Crippen MR) is 167 cm³/mol. The fourth-order valence-electron chi connectivity index (χ4n) is 5.86. The Labute approximate surface area is 257 Å². The first-order valence-electron chi connectivity index (χ1n) is 14.6. The second kappa shape index (κ2) is 16.7. The van der Waals surface area contributed by atoms with Gasteiger partial charge in [0.1, 0.15) is 5.35 Å². The molecule has 0 saturated heterocycles. The minimum atomic E-state index is -0.578. The van der Waals surface area contributed by atoms with Gasteiger partial charge in [0.25, 0.3) is 11.4 Å². The van der Waals surface area contributed by atoms with Gasteiger partial charge in [0.05, 0.1) is 31.4 Å². The van der Waals surface area contributed by atoms with Crippen molar-refractivity contribution in [2.45, 2.75) is 64.2 Å². The Bertz CT molecular complexity index is 1820. The summed E-state index contributed by atoms with van der Waals surface area (Å²) in [5, 5.41) is 37.0. The summed E-state index contributed by atoms with van der Waals surface area (Å²) in [6, 6.07) is 6.07. The molecule has 1 heterocycles. The summed E-state index contributed by atoms with van der Waals surface area (Å²) >= 11 is 0. The fraction of sp³-hybridized carbons (Fsp3) is 0.371. The maximum absolute atomic E-state index is 12.6. The average Bonchev–Trinajstić information content (AvgIpc) is 3.33. The van der Waals surface area contributed by atoms with Crippen molar-refractivity contribution in [1.82, 2.24) is 4.57 Å². The number of oxazole rings is 1. The molecule has 44 heavy (non-hydrogen) atoms. The van der Waals surface area contributed by atoms with Gasteiger partial charge in [-0.15, -0.1) is 0 Å². The van der Waals surface area contributed by atoms with Gasteiger partial charge in [0, 0.05) is 18.2 Å². The van der Waals surface area contributed by atoms with Crippen molar-refractivity contribution in [2.75, 3.05) is 0 Å². The summed E-state index contributed by atoms with van der Waals surface area (Å²) in [4.78, 5) is 19.4. The molecule has 0 spiro atoms. The molecule has 9 nitrogen and oxygen atoms in total. The zero-order valence-electron chi connectivity index (χ0n) is 24.8. The highest BCUT2D eigenvalue weighted by Crippen LogP contribution is 2.36. The molecule has 9 heteroatoms. The number of allylic oxidation sites excluding steroid dienone is 11. The molecule has 0 atom stereocenters. The molecule has 0 bridgehead atoms. The zero-order chi connectivity index (χ0) is 31.9. The van der Waals surface area contributed by atoms with E-state index in [0.717, 1.165) is 64.2 Å². The highest BCUT2D eigenvalue weighted by Gasteiger charge is 2.25. The van der Waals surface area contributed by atoms with Crippen molar-refractivity contribution < 1.29 is 4.42 Å². The number of nitriles is 3. The van der Waals surface area contributed by atoms with Gasteiger partial charge in [-0.2, -0.15) is 5.26 Å². The van der Waals surface area contributed by atoms with Crippen molar-refractivity contribution >= 4 is 18.0 Å². The van der Waals surface area contributed by atoms with Gasteiger partial charge in [0.2, 0.25) is 5.55 Å². The molecular formula is C35H33N7O2. The third-order valence-electron chi connectivity index (χ3n) is 8.04. The lowest BCUT2D eigenvalue weighted by atomic mass is 9.80. The Kier molecular flexibility index (Phi) is 12.5. The Hall–Kier alpha value is -5.65. The minimum Gasteiger partial charge on any atom is -0.405 e. The van der Waals surface area contributed by atoms with Crippen LogP contribution in [0.3, 0.4) is 0 Å². The Morgan fingerprint density at radius 3 is 1.95 bits per heavy atom. The normalized spacial score (nSPS) is 18.4. The van der Waals surface area contributed by atoms with Crippen LogP contribution in [0.2, 0.25) is 0 Å². The van der Waals surface area contributed by atoms with Crippen LogP contribution in [0.1, 0.15) is 64.2 Å². The lowest BCUT2D eigenvalue weighted by Crippen LogP contribution is -2.29.